The van der Waals surface area contributed by atoms with Crippen molar-refractivity contribution in [1.29, 1.82) is 0 Å². The smallest absolute Gasteiger partial charge is 0.317 e. The highest BCUT2D eigenvalue weighted by Gasteiger charge is 2.23. The first-order valence-corrected chi connectivity index (χ1v) is 9.87. The van der Waals surface area contributed by atoms with E-state index in [0.29, 0.717) is 0 Å². The Bertz CT molecular complexity index is 785. The zero-order valence-electron chi connectivity index (χ0n) is 15.6. The number of amides is 2. The second-order valence-electron chi connectivity index (χ2n) is 6.92. The number of urea groups is 1. The van der Waals surface area contributed by atoms with E-state index in [2.05, 4.69) is 58.2 Å². The van der Waals surface area contributed by atoms with Gasteiger partial charge in [-0.2, -0.15) is 0 Å². The number of nitrogens with zero attached hydrogens (tertiary/aromatic N) is 2. The fourth-order valence-corrected chi connectivity index (χ4v) is 3.78. The molecule has 1 heterocycles. The lowest BCUT2D eigenvalue weighted by molar-refractivity contribution is 0.191. The molecule has 26 heavy (non-hydrogen) atoms. The predicted octanol–water partition coefficient (Wildman–Crippen LogP) is 4.66. The molecule has 2 amide bonds. The topological polar surface area (TPSA) is 35.6 Å². The van der Waals surface area contributed by atoms with Gasteiger partial charge in [-0.3, -0.25) is 0 Å². The standard InChI is InChI=1S/C21H26BrN3O/c1-15-6-4-9-20(16(15)2)24-10-12-25(13-11-24)21(26)23-17(3)18-7-5-8-19(22)14-18/h4-9,14,17H,10-13H2,1-3H3,(H,23,26). The summed E-state index contributed by atoms with van der Waals surface area (Å²) >= 11 is 3.48. The zero-order chi connectivity index (χ0) is 18.7. The van der Waals surface area contributed by atoms with Gasteiger partial charge in [-0.05, 0) is 55.7 Å². The van der Waals surface area contributed by atoms with E-state index in [1.54, 1.807) is 0 Å². The van der Waals surface area contributed by atoms with E-state index >= 15 is 0 Å². The van der Waals surface area contributed by atoms with Crippen LogP contribution in [0.3, 0.4) is 0 Å². The van der Waals surface area contributed by atoms with E-state index in [-0.39, 0.29) is 12.1 Å². The number of halogens is 1. The monoisotopic (exact) mass is 415 g/mol. The Morgan fingerprint density at radius 3 is 2.46 bits per heavy atom. The van der Waals surface area contributed by atoms with Crippen molar-refractivity contribution in [3.63, 3.8) is 0 Å². The van der Waals surface area contributed by atoms with Gasteiger partial charge in [-0.25, -0.2) is 4.79 Å². The molecular weight excluding hydrogens is 390 g/mol. The van der Waals surface area contributed by atoms with E-state index in [9.17, 15) is 4.79 Å². The number of piperazine rings is 1. The number of carbonyl (C=O) groups is 1. The van der Waals surface area contributed by atoms with Crippen LogP contribution < -0.4 is 10.2 Å². The molecule has 0 saturated carbocycles. The number of carbonyl (C=O) groups excluding carboxylic acids is 1. The van der Waals surface area contributed by atoms with Gasteiger partial charge in [0.15, 0.2) is 0 Å². The van der Waals surface area contributed by atoms with Gasteiger partial charge in [-0.15, -0.1) is 0 Å². The summed E-state index contributed by atoms with van der Waals surface area (Å²) in [5, 5.41) is 3.12. The lowest BCUT2D eigenvalue weighted by atomic mass is 10.1. The van der Waals surface area contributed by atoms with Crippen molar-refractivity contribution >= 4 is 27.6 Å². The van der Waals surface area contributed by atoms with Gasteiger partial charge >= 0.3 is 6.03 Å². The highest BCUT2D eigenvalue weighted by molar-refractivity contribution is 9.10. The molecule has 138 valence electrons. The largest absolute Gasteiger partial charge is 0.368 e. The summed E-state index contributed by atoms with van der Waals surface area (Å²) < 4.78 is 1.03. The molecule has 0 radical (unpaired) electrons. The molecule has 0 aliphatic carbocycles. The Hall–Kier alpha value is -2.01. The highest BCUT2D eigenvalue weighted by Crippen LogP contribution is 2.24. The lowest BCUT2D eigenvalue weighted by Crippen LogP contribution is -2.52. The van der Waals surface area contributed by atoms with Crippen LogP contribution >= 0.6 is 15.9 Å². The SMILES string of the molecule is Cc1cccc(N2CCN(C(=O)NC(C)c3cccc(Br)c3)CC2)c1C. The first-order chi connectivity index (χ1) is 12.5. The molecule has 3 rings (SSSR count). The number of hydrogen-bond acceptors (Lipinski definition) is 2. The summed E-state index contributed by atoms with van der Waals surface area (Å²) in [6.07, 6.45) is 0. The Morgan fingerprint density at radius 2 is 1.77 bits per heavy atom. The third kappa shape index (κ3) is 4.21. The van der Waals surface area contributed by atoms with Crippen molar-refractivity contribution in [3.8, 4) is 0 Å². The number of hydrogen-bond donors (Lipinski definition) is 1. The van der Waals surface area contributed by atoms with Crippen molar-refractivity contribution in [2.45, 2.75) is 26.8 Å². The average molecular weight is 416 g/mol. The minimum absolute atomic E-state index is 0.0121. The van der Waals surface area contributed by atoms with Crippen molar-refractivity contribution in [3.05, 3.63) is 63.6 Å². The summed E-state index contributed by atoms with van der Waals surface area (Å²) in [6, 6.07) is 14.5. The van der Waals surface area contributed by atoms with Crippen LogP contribution in [0.4, 0.5) is 10.5 Å². The summed E-state index contributed by atoms with van der Waals surface area (Å²) in [4.78, 5) is 16.9. The molecule has 1 atom stereocenters. The normalized spacial score (nSPS) is 15.7. The second-order valence-corrected chi connectivity index (χ2v) is 7.83. The summed E-state index contributed by atoms with van der Waals surface area (Å²) in [5.41, 5.74) is 5.02. The maximum Gasteiger partial charge on any atom is 0.317 e. The number of anilines is 1. The molecule has 1 saturated heterocycles. The fraction of sp³-hybridized carbons (Fsp3) is 0.381. The van der Waals surface area contributed by atoms with Crippen LogP contribution in [0.5, 0.6) is 0 Å². The third-order valence-electron chi connectivity index (χ3n) is 5.17. The number of aryl methyl sites for hydroxylation is 1. The molecular formula is C21H26BrN3O. The predicted molar refractivity (Wildman–Crippen MR) is 111 cm³/mol. The number of benzene rings is 2. The molecule has 5 heteroatoms. The van der Waals surface area contributed by atoms with Crippen LogP contribution in [-0.2, 0) is 0 Å². The first kappa shape index (κ1) is 18.8. The molecule has 2 aromatic carbocycles. The van der Waals surface area contributed by atoms with Gasteiger partial charge < -0.3 is 15.1 Å². The van der Waals surface area contributed by atoms with Gasteiger partial charge in [0, 0.05) is 36.3 Å². The van der Waals surface area contributed by atoms with Crippen LogP contribution in [0.1, 0.15) is 29.7 Å². The molecule has 0 spiro atoms. The molecule has 1 unspecified atom stereocenters. The van der Waals surface area contributed by atoms with Gasteiger partial charge in [0.1, 0.15) is 0 Å². The quantitative estimate of drug-likeness (QED) is 0.790. The van der Waals surface area contributed by atoms with E-state index in [0.717, 1.165) is 36.2 Å². The Kier molecular flexibility index (Phi) is 5.87. The van der Waals surface area contributed by atoms with Crippen LogP contribution in [-0.4, -0.2) is 37.1 Å². The van der Waals surface area contributed by atoms with Gasteiger partial charge in [0.05, 0.1) is 6.04 Å². The average Bonchev–Trinajstić information content (AvgIpc) is 2.64. The maximum atomic E-state index is 12.6. The third-order valence-corrected chi connectivity index (χ3v) is 5.67. The number of rotatable bonds is 3. The molecule has 1 fully saturated rings. The van der Waals surface area contributed by atoms with E-state index in [1.165, 1.54) is 16.8 Å². The zero-order valence-corrected chi connectivity index (χ0v) is 17.2. The molecule has 4 nitrogen and oxygen atoms in total. The maximum absolute atomic E-state index is 12.6. The van der Waals surface area contributed by atoms with Crippen LogP contribution in [0, 0.1) is 13.8 Å². The summed E-state index contributed by atoms with van der Waals surface area (Å²) in [5.74, 6) is 0. The molecule has 2 aromatic rings. The number of nitrogens with one attached hydrogen (secondary N) is 1. The van der Waals surface area contributed by atoms with Crippen molar-refractivity contribution < 1.29 is 4.79 Å². The van der Waals surface area contributed by atoms with E-state index in [1.807, 2.05) is 36.1 Å². The van der Waals surface area contributed by atoms with Crippen LogP contribution in [0.2, 0.25) is 0 Å². The summed E-state index contributed by atoms with van der Waals surface area (Å²) in [7, 11) is 0. The minimum Gasteiger partial charge on any atom is -0.368 e. The van der Waals surface area contributed by atoms with Gasteiger partial charge in [0.2, 0.25) is 0 Å². The molecule has 1 aliphatic rings. The van der Waals surface area contributed by atoms with Crippen molar-refractivity contribution in [1.82, 2.24) is 10.2 Å². The summed E-state index contributed by atoms with van der Waals surface area (Å²) in [6.45, 7) is 9.54. The molecule has 1 aliphatic heterocycles. The fourth-order valence-electron chi connectivity index (χ4n) is 3.36. The van der Waals surface area contributed by atoms with Crippen LogP contribution in [0.25, 0.3) is 0 Å². The van der Waals surface area contributed by atoms with Crippen molar-refractivity contribution in [2.75, 3.05) is 31.1 Å². The highest BCUT2D eigenvalue weighted by atomic mass is 79.9. The molecule has 1 N–H and O–H groups in total. The molecule has 0 aromatic heterocycles. The lowest BCUT2D eigenvalue weighted by Gasteiger charge is -2.37. The molecule has 0 bridgehead atoms. The van der Waals surface area contributed by atoms with E-state index < -0.39 is 0 Å². The van der Waals surface area contributed by atoms with Crippen molar-refractivity contribution in [2.24, 2.45) is 0 Å². The Balaban J connectivity index is 1.57. The van der Waals surface area contributed by atoms with E-state index in [4.69, 9.17) is 0 Å². The van der Waals surface area contributed by atoms with Gasteiger partial charge in [-0.1, -0.05) is 40.2 Å². The first-order valence-electron chi connectivity index (χ1n) is 9.08. The Morgan fingerprint density at radius 1 is 1.08 bits per heavy atom. The second kappa shape index (κ2) is 8.12. The minimum atomic E-state index is -0.0166. The van der Waals surface area contributed by atoms with Gasteiger partial charge in [0.25, 0.3) is 0 Å². The Labute approximate surface area is 164 Å². The van der Waals surface area contributed by atoms with Crippen LogP contribution in [0.15, 0.2) is 46.9 Å².